The number of rotatable bonds is 5. The van der Waals surface area contributed by atoms with E-state index in [0.29, 0.717) is 23.6 Å². The number of carbonyl (C=O) groups excluding carboxylic acids is 2. The molecule has 3 aromatic rings. The van der Waals surface area contributed by atoms with Crippen LogP contribution < -0.4 is 14.8 Å². The summed E-state index contributed by atoms with van der Waals surface area (Å²) in [5.41, 5.74) is 3.26. The van der Waals surface area contributed by atoms with Crippen molar-refractivity contribution in [1.29, 1.82) is 0 Å². The summed E-state index contributed by atoms with van der Waals surface area (Å²) in [4.78, 5) is 24.2. The predicted molar refractivity (Wildman–Crippen MR) is 111 cm³/mol. The lowest BCUT2D eigenvalue weighted by atomic mass is 10.1. The third-order valence-corrected chi connectivity index (χ3v) is 4.49. The number of ether oxygens (including phenoxy) is 2. The molecular formula is C24H19NO4. The summed E-state index contributed by atoms with van der Waals surface area (Å²) in [6.07, 6.45) is 3.99. The smallest absolute Gasteiger partial charge is 0.336 e. The number of amides is 1. The largest absolute Gasteiger partial charge is 0.493 e. The molecule has 0 saturated heterocycles. The Balaban J connectivity index is 1.33. The maximum absolute atomic E-state index is 12.2. The van der Waals surface area contributed by atoms with Gasteiger partial charge in [0, 0.05) is 23.7 Å². The second kappa shape index (κ2) is 8.44. The zero-order valence-corrected chi connectivity index (χ0v) is 15.6. The first-order valence-corrected chi connectivity index (χ1v) is 9.29. The molecule has 0 aromatic heterocycles. The summed E-state index contributed by atoms with van der Waals surface area (Å²) in [5, 5.41) is 2.80. The van der Waals surface area contributed by atoms with Crippen LogP contribution in [0.3, 0.4) is 0 Å². The molecule has 0 atom stereocenters. The van der Waals surface area contributed by atoms with Gasteiger partial charge in [0.05, 0.1) is 6.61 Å². The number of benzene rings is 3. The lowest BCUT2D eigenvalue weighted by Gasteiger charge is -2.06. The average Bonchev–Trinajstić information content (AvgIpc) is 3.22. The standard InChI is InChI=1S/C24H19NO4/c26-23(13-7-17-6-12-22-19(16-17)14-15-28-22)29-21-10-8-20(9-11-21)25-24(27)18-4-2-1-3-5-18/h1-13,16H,14-15H2,(H,25,27)/b13-7+. The van der Waals surface area contributed by atoms with Gasteiger partial charge in [0.15, 0.2) is 0 Å². The molecule has 0 bridgehead atoms. The Hall–Kier alpha value is -3.86. The van der Waals surface area contributed by atoms with Crippen molar-refractivity contribution in [3.05, 3.63) is 95.6 Å². The van der Waals surface area contributed by atoms with E-state index < -0.39 is 5.97 Å². The van der Waals surface area contributed by atoms with Gasteiger partial charge in [-0.15, -0.1) is 0 Å². The Morgan fingerprint density at radius 3 is 2.55 bits per heavy atom. The monoisotopic (exact) mass is 385 g/mol. The number of hydrogen-bond acceptors (Lipinski definition) is 4. The second-order valence-corrected chi connectivity index (χ2v) is 6.56. The summed E-state index contributed by atoms with van der Waals surface area (Å²) < 4.78 is 10.8. The number of anilines is 1. The number of esters is 1. The van der Waals surface area contributed by atoms with Gasteiger partial charge in [-0.1, -0.05) is 24.3 Å². The number of carbonyl (C=O) groups is 2. The van der Waals surface area contributed by atoms with Crippen LogP contribution in [0, 0.1) is 0 Å². The molecule has 0 aliphatic carbocycles. The van der Waals surface area contributed by atoms with Crippen LogP contribution in [0.25, 0.3) is 6.08 Å². The van der Waals surface area contributed by atoms with Gasteiger partial charge in [-0.25, -0.2) is 4.79 Å². The fourth-order valence-corrected chi connectivity index (χ4v) is 3.02. The summed E-state index contributed by atoms with van der Waals surface area (Å²) >= 11 is 0. The Bertz CT molecular complexity index is 1060. The molecule has 5 heteroatoms. The second-order valence-electron chi connectivity index (χ2n) is 6.56. The Labute approximate surface area is 168 Å². The molecule has 144 valence electrons. The van der Waals surface area contributed by atoms with Crippen LogP contribution in [0.4, 0.5) is 5.69 Å². The zero-order chi connectivity index (χ0) is 20.1. The van der Waals surface area contributed by atoms with Gasteiger partial charge in [0.2, 0.25) is 0 Å². The molecule has 29 heavy (non-hydrogen) atoms. The van der Waals surface area contributed by atoms with Crippen LogP contribution >= 0.6 is 0 Å². The molecule has 1 aliphatic rings. The quantitative estimate of drug-likeness (QED) is 0.399. The highest BCUT2D eigenvalue weighted by atomic mass is 16.5. The zero-order valence-electron chi connectivity index (χ0n) is 15.6. The molecule has 0 radical (unpaired) electrons. The molecule has 1 aliphatic heterocycles. The van der Waals surface area contributed by atoms with Crippen molar-refractivity contribution in [3.8, 4) is 11.5 Å². The van der Waals surface area contributed by atoms with E-state index in [0.717, 1.165) is 23.3 Å². The first kappa shape index (κ1) is 18.5. The van der Waals surface area contributed by atoms with Crippen molar-refractivity contribution in [3.63, 3.8) is 0 Å². The minimum absolute atomic E-state index is 0.196. The Morgan fingerprint density at radius 1 is 0.966 bits per heavy atom. The number of fused-ring (bicyclic) bond motifs is 1. The van der Waals surface area contributed by atoms with Crippen LogP contribution in [-0.2, 0) is 11.2 Å². The first-order valence-electron chi connectivity index (χ1n) is 9.29. The van der Waals surface area contributed by atoms with E-state index in [4.69, 9.17) is 9.47 Å². The molecule has 0 spiro atoms. The molecule has 0 saturated carbocycles. The minimum Gasteiger partial charge on any atom is -0.493 e. The average molecular weight is 385 g/mol. The fourth-order valence-electron chi connectivity index (χ4n) is 3.02. The molecular weight excluding hydrogens is 366 g/mol. The molecule has 0 fully saturated rings. The summed E-state index contributed by atoms with van der Waals surface area (Å²) in [6.45, 7) is 0.701. The molecule has 3 aromatic carbocycles. The lowest BCUT2D eigenvalue weighted by Crippen LogP contribution is -2.11. The third-order valence-electron chi connectivity index (χ3n) is 4.49. The predicted octanol–water partition coefficient (Wildman–Crippen LogP) is 4.49. The third kappa shape index (κ3) is 4.71. The van der Waals surface area contributed by atoms with Crippen LogP contribution in [-0.4, -0.2) is 18.5 Å². The molecule has 5 nitrogen and oxygen atoms in total. The van der Waals surface area contributed by atoms with E-state index in [1.807, 2.05) is 36.4 Å². The van der Waals surface area contributed by atoms with Crippen molar-refractivity contribution in [2.75, 3.05) is 11.9 Å². The van der Waals surface area contributed by atoms with Gasteiger partial charge in [-0.2, -0.15) is 0 Å². The van der Waals surface area contributed by atoms with Crippen LogP contribution in [0.5, 0.6) is 11.5 Å². The van der Waals surface area contributed by atoms with Crippen molar-refractivity contribution in [2.24, 2.45) is 0 Å². The normalized spacial score (nSPS) is 12.3. The van der Waals surface area contributed by atoms with Gasteiger partial charge in [-0.05, 0) is 65.7 Å². The van der Waals surface area contributed by atoms with Gasteiger partial charge in [0.1, 0.15) is 11.5 Å². The molecule has 1 N–H and O–H groups in total. The minimum atomic E-state index is -0.470. The number of hydrogen-bond donors (Lipinski definition) is 1. The highest BCUT2D eigenvalue weighted by molar-refractivity contribution is 6.04. The van der Waals surface area contributed by atoms with E-state index in [1.165, 1.54) is 6.08 Å². The highest BCUT2D eigenvalue weighted by Gasteiger charge is 2.11. The van der Waals surface area contributed by atoms with Crippen molar-refractivity contribution < 1.29 is 19.1 Å². The van der Waals surface area contributed by atoms with Crippen LogP contribution in [0.1, 0.15) is 21.5 Å². The van der Waals surface area contributed by atoms with E-state index in [9.17, 15) is 9.59 Å². The Kier molecular flexibility index (Phi) is 5.38. The maximum Gasteiger partial charge on any atom is 0.336 e. The van der Waals surface area contributed by atoms with Gasteiger partial charge in [0.25, 0.3) is 5.91 Å². The molecule has 0 unspecified atom stereocenters. The summed E-state index contributed by atoms with van der Waals surface area (Å²) in [5.74, 6) is 0.643. The number of nitrogens with one attached hydrogen (secondary N) is 1. The molecule has 1 amide bonds. The van der Waals surface area contributed by atoms with Crippen LogP contribution in [0.2, 0.25) is 0 Å². The van der Waals surface area contributed by atoms with Crippen molar-refractivity contribution in [2.45, 2.75) is 6.42 Å². The van der Waals surface area contributed by atoms with Gasteiger partial charge >= 0.3 is 5.97 Å². The van der Waals surface area contributed by atoms with E-state index in [-0.39, 0.29) is 5.91 Å². The summed E-state index contributed by atoms with van der Waals surface area (Å²) in [7, 11) is 0. The van der Waals surface area contributed by atoms with E-state index >= 15 is 0 Å². The molecule has 4 rings (SSSR count). The first-order chi connectivity index (χ1) is 14.2. The Morgan fingerprint density at radius 2 is 1.76 bits per heavy atom. The summed E-state index contributed by atoms with van der Waals surface area (Å²) in [6, 6.07) is 21.4. The van der Waals surface area contributed by atoms with Crippen molar-refractivity contribution >= 4 is 23.6 Å². The van der Waals surface area contributed by atoms with E-state index in [2.05, 4.69) is 5.32 Å². The fraction of sp³-hybridized carbons (Fsp3) is 0.0833. The lowest BCUT2D eigenvalue weighted by molar-refractivity contribution is -0.128. The van der Waals surface area contributed by atoms with E-state index in [1.54, 1.807) is 42.5 Å². The maximum atomic E-state index is 12.2. The van der Waals surface area contributed by atoms with Gasteiger partial charge < -0.3 is 14.8 Å². The topological polar surface area (TPSA) is 64.6 Å². The van der Waals surface area contributed by atoms with Crippen LogP contribution in [0.15, 0.2) is 78.9 Å². The van der Waals surface area contributed by atoms with Crippen molar-refractivity contribution in [1.82, 2.24) is 0 Å². The SMILES string of the molecule is O=C(/C=C/c1ccc2c(c1)CCO2)Oc1ccc(NC(=O)c2ccccc2)cc1. The van der Waals surface area contributed by atoms with Gasteiger partial charge in [-0.3, -0.25) is 4.79 Å². The molecule has 1 heterocycles. The highest BCUT2D eigenvalue weighted by Crippen LogP contribution is 2.26.